The second-order valence-electron chi connectivity index (χ2n) is 9.42. The van der Waals surface area contributed by atoms with E-state index in [1.54, 1.807) is 31.2 Å². The molecule has 1 atom stereocenters. The van der Waals surface area contributed by atoms with Crippen molar-refractivity contribution in [3.63, 3.8) is 0 Å². The number of rotatable bonds is 8. The molecule has 2 aliphatic rings. The number of aromatic nitrogens is 2. The van der Waals surface area contributed by atoms with Crippen LogP contribution in [-0.2, 0) is 30.5 Å². The Labute approximate surface area is 285 Å². The lowest BCUT2D eigenvalue weighted by atomic mass is 10.0. The molecule has 9 nitrogen and oxygen atoms in total. The second-order valence-corrected chi connectivity index (χ2v) is 12.1. The maximum Gasteiger partial charge on any atom is 0.416 e. The molecule has 0 aliphatic carbocycles. The molecule has 2 aliphatic heterocycles. The smallest absolute Gasteiger partial charge is 0.364 e. The standard InChI is InChI=1S/C27H22ClF3IN6O3P.2C2H6/c1-16(28)23(12-33-37(15-39)42-32)35-11-10-22-20(14-35)24(38-25(40)18-7-3-4-8-19(18)26(38)41)34-36(22)13-17-6-2-5-9-21(17)27(29,30)31;2*1-2/h2-9,12,15,42H,10-11,13-14H2,1H3;2*1-2H3/b23-16-,33-12-;;. The minimum atomic E-state index is -4.57. The summed E-state index contributed by atoms with van der Waals surface area (Å²) in [6.07, 6.45) is -2.14. The van der Waals surface area contributed by atoms with Crippen LogP contribution in [-0.4, -0.2) is 50.4 Å². The van der Waals surface area contributed by atoms with Crippen molar-refractivity contribution in [2.75, 3.05) is 11.4 Å². The number of fused-ring (bicyclic) bond motifs is 2. The third-order valence-corrected chi connectivity index (χ3v) is 9.02. The number of alkyl halides is 3. The largest absolute Gasteiger partial charge is 0.416 e. The van der Waals surface area contributed by atoms with E-state index in [2.05, 4.69) is 10.2 Å². The second kappa shape index (κ2) is 16.5. The molecule has 0 radical (unpaired) electrons. The molecule has 0 saturated heterocycles. The van der Waals surface area contributed by atoms with Crippen LogP contribution in [0.1, 0.15) is 77.7 Å². The van der Waals surface area contributed by atoms with E-state index in [0.717, 1.165) is 11.0 Å². The molecule has 0 spiro atoms. The SMILES string of the molecule is C/C(Cl)=C(\C=N/N(C=O)PI)N1CCc2c(c(N3C(=O)c4ccccc4C3=O)nn2Cc2ccccc2C(F)(F)F)C1.CC.CC. The Balaban J connectivity index is 0.00000139. The number of hydrazone groups is 1. The zero-order valence-electron chi connectivity index (χ0n) is 25.9. The molecule has 3 amide bonds. The third kappa shape index (κ3) is 7.80. The first kappa shape index (κ1) is 37.2. The van der Waals surface area contributed by atoms with Crippen LogP contribution >= 0.6 is 40.0 Å². The van der Waals surface area contributed by atoms with Crippen LogP contribution in [0.2, 0.25) is 0 Å². The van der Waals surface area contributed by atoms with Crippen molar-refractivity contribution in [2.45, 2.75) is 60.3 Å². The maximum absolute atomic E-state index is 13.8. The highest BCUT2D eigenvalue weighted by molar-refractivity contribution is 14.2. The van der Waals surface area contributed by atoms with E-state index < -0.39 is 23.6 Å². The first-order valence-corrected chi connectivity index (χ1v) is 19.0. The lowest BCUT2D eigenvalue weighted by Crippen LogP contribution is -2.34. The molecule has 0 bridgehead atoms. The topological polar surface area (TPSA) is 91.1 Å². The highest BCUT2D eigenvalue weighted by Gasteiger charge is 2.41. The first-order chi connectivity index (χ1) is 22.0. The normalized spacial score (nSPS) is 14.8. The summed E-state index contributed by atoms with van der Waals surface area (Å²) in [4.78, 5) is 40.9. The quantitative estimate of drug-likeness (QED) is 0.0576. The third-order valence-electron chi connectivity index (χ3n) is 6.95. The van der Waals surface area contributed by atoms with Gasteiger partial charge in [0.05, 0.1) is 41.5 Å². The highest BCUT2D eigenvalue weighted by atomic mass is 127. The number of anilines is 1. The minimum absolute atomic E-state index is 0.00421. The number of carbonyl (C=O) groups excluding carboxylic acids is 3. The summed E-state index contributed by atoms with van der Waals surface area (Å²) in [5.74, 6) is -1.07. The van der Waals surface area contributed by atoms with E-state index in [1.807, 2.05) is 54.6 Å². The van der Waals surface area contributed by atoms with Crippen LogP contribution in [0.5, 0.6) is 0 Å². The Hall–Kier alpha value is -3.29. The Morgan fingerprint density at radius 3 is 2.20 bits per heavy atom. The van der Waals surface area contributed by atoms with Gasteiger partial charge in [-0.15, -0.1) is 0 Å². The lowest BCUT2D eigenvalue weighted by Gasteiger charge is -2.31. The molecule has 2 aromatic carbocycles. The van der Waals surface area contributed by atoms with Gasteiger partial charge >= 0.3 is 6.18 Å². The molecule has 46 heavy (non-hydrogen) atoms. The molecule has 246 valence electrons. The number of allylic oxidation sites excluding steroid dienone is 2. The van der Waals surface area contributed by atoms with Crippen molar-refractivity contribution in [2.24, 2.45) is 5.10 Å². The van der Waals surface area contributed by atoms with Crippen molar-refractivity contribution in [3.8, 4) is 0 Å². The van der Waals surface area contributed by atoms with Gasteiger partial charge in [0.1, 0.15) is 0 Å². The summed E-state index contributed by atoms with van der Waals surface area (Å²) in [5, 5.41) is 9.15. The average Bonchev–Trinajstić information content (AvgIpc) is 3.53. The van der Waals surface area contributed by atoms with Crippen molar-refractivity contribution >= 4 is 70.3 Å². The zero-order valence-corrected chi connectivity index (χ0v) is 29.8. The fourth-order valence-corrected chi connectivity index (χ4v) is 6.07. The van der Waals surface area contributed by atoms with Crippen LogP contribution in [0.3, 0.4) is 0 Å². The lowest BCUT2D eigenvalue weighted by molar-refractivity contribution is -0.138. The van der Waals surface area contributed by atoms with Gasteiger partial charge in [-0.2, -0.15) is 23.4 Å². The molecule has 1 aromatic heterocycles. The van der Waals surface area contributed by atoms with Crippen molar-refractivity contribution in [1.29, 1.82) is 0 Å². The van der Waals surface area contributed by atoms with Gasteiger partial charge in [-0.05, 0) is 52.7 Å². The predicted octanol–water partition coefficient (Wildman–Crippen LogP) is 8.02. The summed E-state index contributed by atoms with van der Waals surface area (Å²) >= 11 is 8.43. The van der Waals surface area contributed by atoms with E-state index in [0.29, 0.717) is 41.4 Å². The van der Waals surface area contributed by atoms with Crippen molar-refractivity contribution in [3.05, 3.63) is 92.8 Å². The summed E-state index contributed by atoms with van der Waals surface area (Å²) in [6.45, 7) is 9.97. The molecule has 0 fully saturated rings. The molecular weight excluding hydrogens is 755 g/mol. The Morgan fingerprint density at radius 2 is 1.65 bits per heavy atom. The Kier molecular flexibility index (Phi) is 13.3. The zero-order chi connectivity index (χ0) is 34.2. The van der Waals surface area contributed by atoms with Crippen LogP contribution in [0, 0.1) is 0 Å². The van der Waals surface area contributed by atoms with E-state index in [1.165, 1.54) is 33.9 Å². The summed E-state index contributed by atoms with van der Waals surface area (Å²) in [7, 11) is 0. The van der Waals surface area contributed by atoms with E-state index in [-0.39, 0.29) is 42.0 Å². The number of nitrogens with zero attached hydrogens (tertiary/aromatic N) is 6. The fraction of sp³-hybridized carbons (Fsp3) is 0.323. The van der Waals surface area contributed by atoms with Gasteiger partial charge < -0.3 is 4.90 Å². The van der Waals surface area contributed by atoms with Crippen LogP contribution < -0.4 is 4.90 Å². The summed E-state index contributed by atoms with van der Waals surface area (Å²) in [6, 6.07) is 11.6. The van der Waals surface area contributed by atoms with Gasteiger partial charge in [-0.3, -0.25) is 19.1 Å². The number of imide groups is 1. The van der Waals surface area contributed by atoms with E-state index in [4.69, 9.17) is 11.6 Å². The molecule has 1 unspecified atom stereocenters. The molecule has 0 saturated carbocycles. The monoisotopic (exact) mass is 788 g/mol. The predicted molar refractivity (Wildman–Crippen MR) is 184 cm³/mol. The van der Waals surface area contributed by atoms with Gasteiger partial charge in [0.2, 0.25) is 6.41 Å². The molecule has 3 aromatic rings. The van der Waals surface area contributed by atoms with Crippen LogP contribution in [0.15, 0.2) is 64.4 Å². The van der Waals surface area contributed by atoms with E-state index >= 15 is 0 Å². The number of amides is 3. The van der Waals surface area contributed by atoms with Crippen LogP contribution in [0.4, 0.5) is 19.0 Å². The first-order valence-electron chi connectivity index (χ1n) is 14.5. The molecular formula is C31H34ClF3IN6O3P. The van der Waals surface area contributed by atoms with Gasteiger partial charge in [-0.1, -0.05) is 69.6 Å². The van der Waals surface area contributed by atoms with Gasteiger partial charge in [0, 0.05) is 35.8 Å². The van der Waals surface area contributed by atoms with Crippen LogP contribution in [0.25, 0.3) is 0 Å². The Bertz CT molecular complexity index is 1610. The number of halogens is 5. The van der Waals surface area contributed by atoms with Crippen molar-refractivity contribution < 1.29 is 27.6 Å². The summed E-state index contributed by atoms with van der Waals surface area (Å²) in [5.41, 5.74) is 1.27. The number of carbonyl (C=O) groups is 3. The van der Waals surface area contributed by atoms with Crippen molar-refractivity contribution in [1.82, 2.24) is 19.5 Å². The maximum atomic E-state index is 13.8. The molecule has 0 N–H and O–H groups in total. The van der Waals surface area contributed by atoms with E-state index in [9.17, 15) is 27.6 Å². The summed E-state index contributed by atoms with van der Waals surface area (Å²) < 4.78 is 44.0. The number of hydrogen-bond donors (Lipinski definition) is 0. The highest BCUT2D eigenvalue weighted by Crippen LogP contribution is 2.37. The van der Waals surface area contributed by atoms with Gasteiger partial charge in [0.15, 0.2) is 5.82 Å². The minimum Gasteiger partial charge on any atom is -0.364 e. The molecule has 3 heterocycles. The fourth-order valence-electron chi connectivity index (χ4n) is 5.04. The molecule has 15 heteroatoms. The van der Waals surface area contributed by atoms with Gasteiger partial charge in [0.25, 0.3) is 11.8 Å². The molecule has 5 rings (SSSR count). The van der Waals surface area contributed by atoms with Gasteiger partial charge in [-0.25, -0.2) is 9.68 Å². The Morgan fingerprint density at radius 1 is 1.07 bits per heavy atom. The average molecular weight is 789 g/mol. The number of hydrogen-bond acceptors (Lipinski definition) is 6. The number of benzene rings is 2.